The number of methoxy groups -OCH3 is 1. The Morgan fingerprint density at radius 2 is 2.16 bits per heavy atom. The van der Waals surface area contributed by atoms with Crippen molar-refractivity contribution < 1.29 is 23.7 Å². The van der Waals surface area contributed by atoms with Gasteiger partial charge >= 0.3 is 5.97 Å². The van der Waals surface area contributed by atoms with Crippen molar-refractivity contribution in [3.63, 3.8) is 0 Å². The molecule has 1 spiro atoms. The average Bonchev–Trinajstić information content (AvgIpc) is 3.43. The monoisotopic (exact) mass is 431 g/mol. The molecule has 1 unspecified atom stereocenters. The van der Waals surface area contributed by atoms with Gasteiger partial charge in [0, 0.05) is 37.5 Å². The molecule has 6 aliphatic heterocycles. The number of carbonyl (C=O) groups is 1. The van der Waals surface area contributed by atoms with Crippen molar-refractivity contribution >= 4 is 5.97 Å². The van der Waals surface area contributed by atoms with Gasteiger partial charge in [-0.2, -0.15) is 0 Å². The Bertz CT molecular complexity index is 900. The summed E-state index contributed by atoms with van der Waals surface area (Å²) in [6.45, 7) is 7.95. The maximum Gasteiger partial charge on any atom is 0.343 e. The Morgan fingerprint density at radius 3 is 2.90 bits per heavy atom. The lowest BCUT2D eigenvalue weighted by Gasteiger charge is -2.48. The Hall–Kier alpha value is -1.61. The van der Waals surface area contributed by atoms with E-state index in [2.05, 4.69) is 36.1 Å². The highest BCUT2D eigenvalue weighted by Gasteiger charge is 2.84. The van der Waals surface area contributed by atoms with E-state index in [4.69, 9.17) is 18.9 Å². The first-order valence-corrected chi connectivity index (χ1v) is 11.6. The maximum atomic E-state index is 12.2. The molecular formula is C23H33N3O5. The largest absolute Gasteiger partial charge is 0.492 e. The molecule has 8 heteroatoms. The zero-order valence-corrected chi connectivity index (χ0v) is 19.1. The number of allylic oxidation sites excluding steroid dienone is 1. The van der Waals surface area contributed by atoms with Gasteiger partial charge in [0.1, 0.15) is 5.76 Å². The van der Waals surface area contributed by atoms with Crippen molar-refractivity contribution in [2.45, 2.75) is 50.2 Å². The Kier molecular flexibility index (Phi) is 4.18. The van der Waals surface area contributed by atoms with E-state index in [1.165, 1.54) is 0 Å². The second-order valence-electron chi connectivity index (χ2n) is 10.3. The number of esters is 1. The summed E-state index contributed by atoms with van der Waals surface area (Å²) in [5.41, 5.74) is 0.504. The van der Waals surface area contributed by atoms with E-state index in [-0.39, 0.29) is 29.4 Å². The van der Waals surface area contributed by atoms with Crippen molar-refractivity contribution in [3.05, 3.63) is 22.9 Å². The number of carbonyl (C=O) groups excluding carboxylic acids is 1. The number of hydrogen-bond acceptors (Lipinski definition) is 8. The summed E-state index contributed by atoms with van der Waals surface area (Å²) >= 11 is 0. The van der Waals surface area contributed by atoms with Gasteiger partial charge in [0.2, 0.25) is 11.5 Å². The quantitative estimate of drug-likeness (QED) is 0.494. The summed E-state index contributed by atoms with van der Waals surface area (Å²) < 4.78 is 24.7. The number of fused-ring (bicyclic) bond motifs is 1. The van der Waals surface area contributed by atoms with Crippen LogP contribution >= 0.6 is 0 Å². The molecular weight excluding hydrogens is 398 g/mol. The Labute approximate surface area is 183 Å². The van der Waals surface area contributed by atoms with Gasteiger partial charge in [-0.1, -0.05) is 6.92 Å². The summed E-state index contributed by atoms with van der Waals surface area (Å²) in [6.07, 6.45) is 2.33. The summed E-state index contributed by atoms with van der Waals surface area (Å²) in [4.78, 5) is 17.2. The molecule has 0 aliphatic carbocycles. The molecule has 1 N–H and O–H groups in total. The lowest BCUT2D eigenvalue weighted by molar-refractivity contribution is -0.255. The minimum Gasteiger partial charge on any atom is -0.492 e. The standard InChI is InChI=1S/C23H33N3O5/c1-12-17-14-10-16-22(11-24-7-9-25(3)4)15(6-8-26(14)22)23(17,30-16)31-19(12)20-18(28-5)13(2)21(27)29-20/h12,14-17,24H,6-11H2,1-5H3/b20-19-/t12-,14-,15-,16-,17+,22-,23+/m0/s1. The van der Waals surface area contributed by atoms with Gasteiger partial charge in [0.15, 0.2) is 5.76 Å². The van der Waals surface area contributed by atoms with Crippen molar-refractivity contribution in [1.29, 1.82) is 0 Å². The van der Waals surface area contributed by atoms with Gasteiger partial charge in [-0.3, -0.25) is 4.90 Å². The highest BCUT2D eigenvalue weighted by molar-refractivity contribution is 5.93. The van der Waals surface area contributed by atoms with Gasteiger partial charge in [0.05, 0.1) is 30.2 Å². The number of nitrogens with zero attached hydrogens (tertiary/aromatic N) is 2. The number of hydrogen-bond donors (Lipinski definition) is 1. The molecule has 8 nitrogen and oxygen atoms in total. The van der Waals surface area contributed by atoms with Gasteiger partial charge in [-0.25, -0.2) is 4.79 Å². The van der Waals surface area contributed by atoms with Crippen LogP contribution in [0.5, 0.6) is 0 Å². The van der Waals surface area contributed by atoms with E-state index in [0.29, 0.717) is 29.1 Å². The summed E-state index contributed by atoms with van der Waals surface area (Å²) in [5, 5.41) is 3.72. The highest BCUT2D eigenvalue weighted by atomic mass is 16.7. The van der Waals surface area contributed by atoms with Crippen LogP contribution in [0.2, 0.25) is 0 Å². The lowest BCUT2D eigenvalue weighted by atomic mass is 9.71. The normalized spacial score (nSPS) is 48.8. The van der Waals surface area contributed by atoms with Crippen LogP contribution in [0, 0.1) is 17.8 Å². The molecule has 31 heavy (non-hydrogen) atoms. The van der Waals surface area contributed by atoms with E-state index in [0.717, 1.165) is 44.8 Å². The third-order valence-corrected chi connectivity index (χ3v) is 8.74. The molecule has 0 saturated carbocycles. The number of likely N-dealkylation sites (N-methyl/N-ethyl adjacent to an activating group) is 1. The van der Waals surface area contributed by atoms with Gasteiger partial charge in [-0.05, 0) is 40.4 Å². The molecule has 6 aliphatic rings. The Balaban J connectivity index is 1.35. The second kappa shape index (κ2) is 6.47. The SMILES string of the molecule is COC1=C(C)C(=O)O/C1=C1\O[C@@]23O[C@H]4C[C@@H]([C@H]2[C@@H]1C)N1CC[C@H]3[C@@]41CNCCN(C)C. The average molecular weight is 432 g/mol. The fraction of sp³-hybridized carbons (Fsp3) is 0.783. The molecule has 5 bridgehead atoms. The molecule has 0 amide bonds. The third-order valence-electron chi connectivity index (χ3n) is 8.74. The van der Waals surface area contributed by atoms with E-state index in [9.17, 15) is 4.79 Å². The molecule has 0 aromatic rings. The van der Waals surface area contributed by atoms with Crippen LogP contribution in [0.25, 0.3) is 0 Å². The van der Waals surface area contributed by atoms with Crippen LogP contribution in [0.1, 0.15) is 26.7 Å². The number of cyclic esters (lactones) is 1. The topological polar surface area (TPSA) is 72.5 Å². The maximum absolute atomic E-state index is 12.2. The molecule has 6 heterocycles. The molecule has 5 saturated heterocycles. The molecule has 170 valence electrons. The molecule has 0 radical (unpaired) electrons. The van der Waals surface area contributed by atoms with E-state index < -0.39 is 5.79 Å². The molecule has 8 atom stereocenters. The second-order valence-corrected chi connectivity index (χ2v) is 10.3. The zero-order chi connectivity index (χ0) is 21.7. The van der Waals surface area contributed by atoms with Crippen LogP contribution in [-0.4, -0.2) is 86.6 Å². The van der Waals surface area contributed by atoms with Crippen LogP contribution in [0.3, 0.4) is 0 Å². The van der Waals surface area contributed by atoms with Crippen molar-refractivity contribution in [2.24, 2.45) is 17.8 Å². The van der Waals surface area contributed by atoms with E-state index >= 15 is 0 Å². The van der Waals surface area contributed by atoms with Crippen molar-refractivity contribution in [3.8, 4) is 0 Å². The minimum atomic E-state index is -0.618. The van der Waals surface area contributed by atoms with Crippen LogP contribution in [0.15, 0.2) is 22.9 Å². The van der Waals surface area contributed by atoms with E-state index in [1.54, 1.807) is 14.0 Å². The number of nitrogens with one attached hydrogen (secondary N) is 1. The van der Waals surface area contributed by atoms with Gasteiger partial charge < -0.3 is 29.2 Å². The predicted molar refractivity (Wildman–Crippen MR) is 112 cm³/mol. The number of ether oxygens (including phenoxy) is 4. The fourth-order valence-electron chi connectivity index (χ4n) is 7.63. The molecule has 5 fully saturated rings. The third kappa shape index (κ3) is 2.27. The lowest BCUT2D eigenvalue weighted by Crippen LogP contribution is -2.64. The number of piperidine rings is 1. The first-order chi connectivity index (χ1) is 14.8. The molecule has 0 aromatic carbocycles. The van der Waals surface area contributed by atoms with Gasteiger partial charge in [-0.15, -0.1) is 0 Å². The molecule has 0 aromatic heterocycles. The zero-order valence-electron chi connectivity index (χ0n) is 19.1. The van der Waals surface area contributed by atoms with Crippen molar-refractivity contribution in [2.75, 3.05) is 47.4 Å². The van der Waals surface area contributed by atoms with Crippen LogP contribution in [0.4, 0.5) is 0 Å². The van der Waals surface area contributed by atoms with E-state index in [1.807, 2.05) is 0 Å². The van der Waals surface area contributed by atoms with Crippen LogP contribution in [-0.2, 0) is 23.7 Å². The minimum absolute atomic E-state index is 0.00944. The fourth-order valence-corrected chi connectivity index (χ4v) is 7.63. The first-order valence-electron chi connectivity index (χ1n) is 11.6. The molecule has 6 rings (SSSR count). The predicted octanol–water partition coefficient (Wildman–Crippen LogP) is 1.05. The summed E-state index contributed by atoms with van der Waals surface area (Å²) in [5.74, 6) is 1.36. The Morgan fingerprint density at radius 1 is 1.35 bits per heavy atom. The number of rotatable bonds is 6. The highest BCUT2D eigenvalue weighted by Crippen LogP contribution is 2.72. The van der Waals surface area contributed by atoms with Crippen LogP contribution < -0.4 is 5.32 Å². The smallest absolute Gasteiger partial charge is 0.343 e. The van der Waals surface area contributed by atoms with Gasteiger partial charge in [0.25, 0.3) is 0 Å². The summed E-state index contributed by atoms with van der Waals surface area (Å²) in [6, 6.07) is 0.439. The summed E-state index contributed by atoms with van der Waals surface area (Å²) in [7, 11) is 5.78. The first kappa shape index (κ1) is 20.0. The van der Waals surface area contributed by atoms with Crippen molar-refractivity contribution in [1.82, 2.24) is 15.1 Å².